The molecule has 0 spiro atoms. The Morgan fingerprint density at radius 3 is 2.33 bits per heavy atom. The summed E-state index contributed by atoms with van der Waals surface area (Å²) in [6, 6.07) is 0. The van der Waals surface area contributed by atoms with E-state index in [-0.39, 0.29) is 23.5 Å². The first kappa shape index (κ1) is 12.2. The van der Waals surface area contributed by atoms with Gasteiger partial charge in [-0.25, -0.2) is 0 Å². The lowest BCUT2D eigenvalue weighted by molar-refractivity contribution is -0.134. The van der Waals surface area contributed by atoms with Gasteiger partial charge in [0.05, 0.1) is 6.42 Å². The zero-order valence-electron chi connectivity index (χ0n) is 10.2. The highest BCUT2D eigenvalue weighted by molar-refractivity contribution is 5.96. The Hall–Kier alpha value is -0.860. The largest absolute Gasteiger partial charge is 0.342 e. The van der Waals surface area contributed by atoms with Crippen molar-refractivity contribution in [3.8, 4) is 0 Å². The molecule has 0 aromatic heterocycles. The predicted molar refractivity (Wildman–Crippen MR) is 59.4 cm³/mol. The van der Waals surface area contributed by atoms with Gasteiger partial charge in [-0.1, -0.05) is 20.8 Å². The number of amides is 1. The molecule has 0 saturated carbocycles. The van der Waals surface area contributed by atoms with E-state index in [0.29, 0.717) is 5.92 Å². The molecule has 3 heteroatoms. The van der Waals surface area contributed by atoms with Gasteiger partial charge in [0.1, 0.15) is 5.78 Å². The standard InChI is InChI=1S/C12H21NO2/c1-9(14)7-11(15)13-6-5-10(8-13)12(2,3)4/h10H,5-8H2,1-4H3. The lowest BCUT2D eigenvalue weighted by Gasteiger charge is -2.26. The zero-order chi connectivity index (χ0) is 11.6. The van der Waals surface area contributed by atoms with Crippen molar-refractivity contribution in [1.29, 1.82) is 0 Å². The summed E-state index contributed by atoms with van der Waals surface area (Å²) in [6.07, 6.45) is 1.13. The summed E-state index contributed by atoms with van der Waals surface area (Å²) in [5.41, 5.74) is 0.255. The highest BCUT2D eigenvalue weighted by Gasteiger charge is 2.33. The van der Waals surface area contributed by atoms with Crippen LogP contribution in [0, 0.1) is 11.3 Å². The summed E-state index contributed by atoms with van der Waals surface area (Å²) in [6.45, 7) is 9.71. The molecule has 1 fully saturated rings. The quantitative estimate of drug-likeness (QED) is 0.654. The van der Waals surface area contributed by atoms with Crippen LogP contribution in [0.1, 0.15) is 40.5 Å². The van der Waals surface area contributed by atoms with Crippen LogP contribution in [0.25, 0.3) is 0 Å². The maximum Gasteiger partial charge on any atom is 0.230 e. The molecule has 1 aliphatic heterocycles. The number of Topliss-reactive ketones (excluding diaryl/α,β-unsaturated/α-hetero) is 1. The van der Waals surface area contributed by atoms with Crippen LogP contribution in [0.3, 0.4) is 0 Å². The summed E-state index contributed by atoms with van der Waals surface area (Å²) in [7, 11) is 0. The highest BCUT2D eigenvalue weighted by atomic mass is 16.2. The third kappa shape index (κ3) is 3.33. The Kier molecular flexibility index (Phi) is 3.53. The number of hydrogen-bond donors (Lipinski definition) is 0. The molecule has 1 atom stereocenters. The van der Waals surface area contributed by atoms with Gasteiger partial charge in [0.25, 0.3) is 0 Å². The van der Waals surface area contributed by atoms with Crippen molar-refractivity contribution in [2.75, 3.05) is 13.1 Å². The van der Waals surface area contributed by atoms with Gasteiger partial charge in [-0.3, -0.25) is 9.59 Å². The fourth-order valence-electron chi connectivity index (χ4n) is 2.02. The third-order valence-electron chi connectivity index (χ3n) is 3.17. The monoisotopic (exact) mass is 211 g/mol. The minimum atomic E-state index is -0.0424. The van der Waals surface area contributed by atoms with Gasteiger partial charge < -0.3 is 4.90 Å². The van der Waals surface area contributed by atoms with Crippen molar-refractivity contribution >= 4 is 11.7 Å². The second-order valence-electron chi connectivity index (χ2n) is 5.57. The number of carbonyl (C=O) groups is 2. The molecule has 1 amide bonds. The minimum absolute atomic E-state index is 0.00532. The van der Waals surface area contributed by atoms with E-state index >= 15 is 0 Å². The summed E-state index contributed by atoms with van der Waals surface area (Å²) in [4.78, 5) is 24.3. The zero-order valence-corrected chi connectivity index (χ0v) is 10.2. The van der Waals surface area contributed by atoms with Crippen molar-refractivity contribution in [3.63, 3.8) is 0 Å². The van der Waals surface area contributed by atoms with E-state index < -0.39 is 0 Å². The minimum Gasteiger partial charge on any atom is -0.342 e. The molecule has 15 heavy (non-hydrogen) atoms. The SMILES string of the molecule is CC(=O)CC(=O)N1CCC(C(C)(C)C)C1. The summed E-state index contributed by atoms with van der Waals surface area (Å²) in [5, 5.41) is 0. The number of carbonyl (C=O) groups excluding carboxylic acids is 2. The van der Waals surface area contributed by atoms with Crippen molar-refractivity contribution in [3.05, 3.63) is 0 Å². The van der Waals surface area contributed by atoms with Gasteiger partial charge in [-0.15, -0.1) is 0 Å². The topological polar surface area (TPSA) is 37.4 Å². The summed E-state index contributed by atoms with van der Waals surface area (Å²) < 4.78 is 0. The second kappa shape index (κ2) is 4.33. The maximum absolute atomic E-state index is 11.6. The molecular formula is C12H21NO2. The number of nitrogens with zero attached hydrogens (tertiary/aromatic N) is 1. The molecule has 1 saturated heterocycles. The van der Waals surface area contributed by atoms with Crippen LogP contribution in [0.15, 0.2) is 0 Å². The Morgan fingerprint density at radius 1 is 1.33 bits per heavy atom. The van der Waals surface area contributed by atoms with E-state index in [2.05, 4.69) is 20.8 Å². The first-order valence-electron chi connectivity index (χ1n) is 5.58. The van der Waals surface area contributed by atoms with E-state index in [0.717, 1.165) is 19.5 Å². The van der Waals surface area contributed by atoms with Crippen LogP contribution in [0.2, 0.25) is 0 Å². The van der Waals surface area contributed by atoms with Gasteiger partial charge in [-0.2, -0.15) is 0 Å². The number of likely N-dealkylation sites (tertiary alicyclic amines) is 1. The molecule has 86 valence electrons. The second-order valence-corrected chi connectivity index (χ2v) is 5.57. The number of rotatable bonds is 2. The summed E-state index contributed by atoms with van der Waals surface area (Å²) >= 11 is 0. The van der Waals surface area contributed by atoms with Gasteiger partial charge in [0.2, 0.25) is 5.91 Å². The van der Waals surface area contributed by atoms with Crippen LogP contribution in [-0.4, -0.2) is 29.7 Å². The lowest BCUT2D eigenvalue weighted by atomic mass is 9.80. The first-order chi connectivity index (χ1) is 6.80. The molecule has 1 rings (SSSR count). The molecule has 1 unspecified atom stereocenters. The molecule has 1 aliphatic rings. The molecular weight excluding hydrogens is 190 g/mol. The molecule has 0 aliphatic carbocycles. The fourth-order valence-corrected chi connectivity index (χ4v) is 2.02. The maximum atomic E-state index is 11.6. The summed E-state index contributed by atoms with van der Waals surface area (Å²) in [5.74, 6) is 0.516. The fraction of sp³-hybridized carbons (Fsp3) is 0.833. The van der Waals surface area contributed by atoms with Gasteiger partial charge in [0.15, 0.2) is 0 Å². The molecule has 0 N–H and O–H groups in total. The van der Waals surface area contributed by atoms with E-state index in [1.807, 2.05) is 4.90 Å². The average Bonchev–Trinajstić information content (AvgIpc) is 2.48. The van der Waals surface area contributed by atoms with Crippen LogP contribution < -0.4 is 0 Å². The van der Waals surface area contributed by atoms with E-state index in [1.54, 1.807) is 0 Å². The number of ketones is 1. The average molecular weight is 211 g/mol. The van der Waals surface area contributed by atoms with E-state index in [9.17, 15) is 9.59 Å². The van der Waals surface area contributed by atoms with Crippen LogP contribution in [0.4, 0.5) is 0 Å². The molecule has 0 radical (unpaired) electrons. The van der Waals surface area contributed by atoms with Crippen molar-refractivity contribution in [2.24, 2.45) is 11.3 Å². The van der Waals surface area contributed by atoms with Crippen molar-refractivity contribution in [2.45, 2.75) is 40.5 Å². The molecule has 3 nitrogen and oxygen atoms in total. The molecule has 1 heterocycles. The van der Waals surface area contributed by atoms with Crippen molar-refractivity contribution in [1.82, 2.24) is 4.90 Å². The molecule has 0 aromatic carbocycles. The Balaban J connectivity index is 2.49. The number of hydrogen-bond acceptors (Lipinski definition) is 2. The Bertz CT molecular complexity index is 265. The normalized spacial score (nSPS) is 21.9. The molecule has 0 aromatic rings. The highest BCUT2D eigenvalue weighted by Crippen LogP contribution is 2.33. The Morgan fingerprint density at radius 2 is 1.93 bits per heavy atom. The first-order valence-corrected chi connectivity index (χ1v) is 5.58. The van der Waals surface area contributed by atoms with Gasteiger partial charge in [-0.05, 0) is 24.7 Å². The predicted octanol–water partition coefficient (Wildman–Crippen LogP) is 1.86. The van der Waals surface area contributed by atoms with Crippen LogP contribution in [0.5, 0.6) is 0 Å². The van der Waals surface area contributed by atoms with Crippen molar-refractivity contribution < 1.29 is 9.59 Å². The molecule has 0 bridgehead atoms. The van der Waals surface area contributed by atoms with Gasteiger partial charge >= 0.3 is 0 Å². The van der Waals surface area contributed by atoms with Gasteiger partial charge in [0, 0.05) is 13.1 Å². The van der Waals surface area contributed by atoms with E-state index in [1.165, 1.54) is 6.92 Å². The third-order valence-corrected chi connectivity index (χ3v) is 3.17. The van der Waals surface area contributed by atoms with E-state index in [4.69, 9.17) is 0 Å². The van der Waals surface area contributed by atoms with Crippen LogP contribution >= 0.6 is 0 Å². The smallest absolute Gasteiger partial charge is 0.230 e. The van der Waals surface area contributed by atoms with Crippen LogP contribution in [-0.2, 0) is 9.59 Å². The lowest BCUT2D eigenvalue weighted by Crippen LogP contribution is -2.32. The Labute approximate surface area is 91.8 Å².